The summed E-state index contributed by atoms with van der Waals surface area (Å²) in [6, 6.07) is 10.7. The van der Waals surface area contributed by atoms with Gasteiger partial charge in [0.2, 0.25) is 0 Å². The van der Waals surface area contributed by atoms with E-state index in [-0.39, 0.29) is 69.9 Å². The van der Waals surface area contributed by atoms with Crippen LogP contribution >= 0.6 is 0 Å². The fraction of sp³-hybridized carbons (Fsp3) is 0.611. The molecule has 122 valence electrons. The second-order valence-corrected chi connectivity index (χ2v) is 5.56. The van der Waals surface area contributed by atoms with Gasteiger partial charge >= 0.3 is 74.4 Å². The van der Waals surface area contributed by atoms with E-state index in [1.54, 1.807) is 0 Å². The van der Waals surface area contributed by atoms with Gasteiger partial charge in [0.15, 0.2) is 0 Å². The molecule has 22 heavy (non-hydrogen) atoms. The van der Waals surface area contributed by atoms with E-state index in [2.05, 4.69) is 30.3 Å². The molecule has 0 aromatic heterocycles. The van der Waals surface area contributed by atoms with E-state index < -0.39 is 5.97 Å². The van der Waals surface area contributed by atoms with Crippen LogP contribution in [0.3, 0.4) is 0 Å². The van der Waals surface area contributed by atoms with Crippen LogP contribution in [0.1, 0.15) is 71.2 Å². The summed E-state index contributed by atoms with van der Waals surface area (Å²) >= 11 is 0. The van der Waals surface area contributed by atoms with E-state index in [1.165, 1.54) is 56.9 Å². The Hall–Kier alpha value is 0.846. The minimum atomic E-state index is -0.664. The Balaban J connectivity index is -0.00000133. The summed E-state index contributed by atoms with van der Waals surface area (Å²) in [4.78, 5) is 10.3. The number of hydrogen-bond donors (Lipinski definition) is 1. The first kappa shape index (κ1) is 25.1. The van der Waals surface area contributed by atoms with Crippen molar-refractivity contribution in [3.05, 3.63) is 35.9 Å². The van der Waals surface area contributed by atoms with E-state index in [9.17, 15) is 4.79 Å². The van der Waals surface area contributed by atoms with Crippen LogP contribution in [0.25, 0.3) is 0 Å². The minimum absolute atomic E-state index is 0. The first-order valence-electron chi connectivity index (χ1n) is 8.05. The van der Waals surface area contributed by atoms with Gasteiger partial charge in [-0.25, -0.2) is 0 Å². The summed E-state index contributed by atoms with van der Waals surface area (Å²) in [6.45, 7) is 0. The molecule has 0 bridgehead atoms. The zero-order valence-corrected chi connectivity index (χ0v) is 19.2. The van der Waals surface area contributed by atoms with Crippen LogP contribution in [-0.4, -0.2) is 28.1 Å². The van der Waals surface area contributed by atoms with Crippen molar-refractivity contribution in [2.24, 2.45) is 0 Å². The molecule has 0 heterocycles. The number of rotatable bonds is 12. The number of carbonyl (C=O) groups is 1. The van der Waals surface area contributed by atoms with Crippen molar-refractivity contribution >= 4 is 23.0 Å². The third kappa shape index (κ3) is 15.7. The SMILES string of the molecule is O=C(O)CCCCCCCCCCCc1ccccc1.[H-].[K+].[SeH2]. The molecule has 0 aliphatic carbocycles. The normalized spacial score (nSPS) is 9.64. The Morgan fingerprint density at radius 2 is 1.27 bits per heavy atom. The summed E-state index contributed by atoms with van der Waals surface area (Å²) in [7, 11) is 0. The Labute approximate surface area is 190 Å². The molecule has 0 spiro atoms. The van der Waals surface area contributed by atoms with Crippen molar-refractivity contribution in [1.82, 2.24) is 0 Å². The molecule has 4 heteroatoms. The molecule has 0 unspecified atom stereocenters. The molecule has 0 aliphatic rings. The fourth-order valence-electron chi connectivity index (χ4n) is 2.49. The molecule has 0 aliphatic heterocycles. The van der Waals surface area contributed by atoms with Gasteiger partial charge in [-0.3, -0.25) is 4.79 Å². The molecule has 0 saturated carbocycles. The molecule has 1 rings (SSSR count). The summed E-state index contributed by atoms with van der Waals surface area (Å²) in [6.07, 6.45) is 12.5. The van der Waals surface area contributed by atoms with Gasteiger partial charge < -0.3 is 6.53 Å². The van der Waals surface area contributed by atoms with Crippen molar-refractivity contribution < 1.29 is 62.7 Å². The Morgan fingerprint density at radius 1 is 0.818 bits per heavy atom. The predicted octanol–water partition coefficient (Wildman–Crippen LogP) is 1.41. The van der Waals surface area contributed by atoms with E-state index in [1.807, 2.05) is 0 Å². The maximum atomic E-state index is 10.3. The molecule has 0 amide bonds. The zero-order valence-electron chi connectivity index (χ0n) is 15.0. The van der Waals surface area contributed by atoms with E-state index in [0.717, 1.165) is 12.8 Å². The second-order valence-electron chi connectivity index (χ2n) is 5.56. The van der Waals surface area contributed by atoms with Crippen LogP contribution in [-0.2, 0) is 11.2 Å². The van der Waals surface area contributed by atoms with Gasteiger partial charge in [-0.05, 0) is 24.8 Å². The summed E-state index contributed by atoms with van der Waals surface area (Å²) in [5.74, 6) is -0.664. The van der Waals surface area contributed by atoms with Crippen molar-refractivity contribution in [3.63, 3.8) is 0 Å². The Morgan fingerprint density at radius 3 is 1.77 bits per heavy atom. The molecule has 0 radical (unpaired) electrons. The van der Waals surface area contributed by atoms with Gasteiger partial charge in [0.25, 0.3) is 0 Å². The Bertz CT molecular complexity index is 363. The molecule has 0 atom stereocenters. The number of benzene rings is 1. The van der Waals surface area contributed by atoms with E-state index in [0.29, 0.717) is 6.42 Å². The number of carboxylic acid groups (broad SMARTS) is 1. The summed E-state index contributed by atoms with van der Waals surface area (Å²) < 4.78 is 0. The van der Waals surface area contributed by atoms with Crippen LogP contribution in [0.15, 0.2) is 30.3 Å². The van der Waals surface area contributed by atoms with Crippen LogP contribution in [0.2, 0.25) is 0 Å². The van der Waals surface area contributed by atoms with Crippen molar-refractivity contribution in [3.8, 4) is 0 Å². The molecular formula is C18H31KO2Se. The topological polar surface area (TPSA) is 37.3 Å². The molecule has 1 aromatic rings. The molecule has 1 N–H and O–H groups in total. The van der Waals surface area contributed by atoms with E-state index in [4.69, 9.17) is 5.11 Å². The fourth-order valence-corrected chi connectivity index (χ4v) is 2.49. The molecule has 0 saturated heterocycles. The Kier molecular flexibility index (Phi) is 20.7. The summed E-state index contributed by atoms with van der Waals surface area (Å²) in [5.41, 5.74) is 1.45. The average Bonchev–Trinajstić information content (AvgIpc) is 2.45. The van der Waals surface area contributed by atoms with Gasteiger partial charge in [-0.1, -0.05) is 75.3 Å². The number of aryl methyl sites for hydroxylation is 1. The predicted molar refractivity (Wildman–Crippen MR) is 93.6 cm³/mol. The van der Waals surface area contributed by atoms with Crippen molar-refractivity contribution in [1.29, 1.82) is 0 Å². The van der Waals surface area contributed by atoms with Gasteiger partial charge in [-0.15, -0.1) is 0 Å². The van der Waals surface area contributed by atoms with Crippen LogP contribution < -0.4 is 51.4 Å². The summed E-state index contributed by atoms with van der Waals surface area (Å²) in [5, 5.41) is 8.52. The van der Waals surface area contributed by atoms with Crippen LogP contribution in [0, 0.1) is 0 Å². The molecule has 0 fully saturated rings. The monoisotopic (exact) mass is 398 g/mol. The van der Waals surface area contributed by atoms with Gasteiger partial charge in [0.05, 0.1) is 0 Å². The van der Waals surface area contributed by atoms with Crippen molar-refractivity contribution in [2.75, 3.05) is 0 Å². The number of carboxylic acids is 1. The maximum absolute atomic E-state index is 10.3. The molecular weight excluding hydrogens is 366 g/mol. The molecule has 2 nitrogen and oxygen atoms in total. The van der Waals surface area contributed by atoms with Gasteiger partial charge in [0.1, 0.15) is 0 Å². The third-order valence-corrected chi connectivity index (χ3v) is 3.70. The second kappa shape index (κ2) is 18.2. The van der Waals surface area contributed by atoms with E-state index >= 15 is 0 Å². The van der Waals surface area contributed by atoms with Gasteiger partial charge in [-0.2, -0.15) is 0 Å². The quantitative estimate of drug-likeness (QED) is 0.428. The molecule has 1 aromatic carbocycles. The number of aliphatic carboxylic acids is 1. The first-order chi connectivity index (χ1) is 9.79. The van der Waals surface area contributed by atoms with Crippen LogP contribution in [0.4, 0.5) is 0 Å². The average molecular weight is 398 g/mol. The third-order valence-electron chi connectivity index (χ3n) is 3.70. The first-order valence-corrected chi connectivity index (χ1v) is 8.05. The number of unbranched alkanes of at least 4 members (excludes halogenated alkanes) is 8. The van der Waals surface area contributed by atoms with Gasteiger partial charge in [0, 0.05) is 6.42 Å². The zero-order chi connectivity index (χ0) is 14.5. The number of hydrogen-bond acceptors (Lipinski definition) is 1. The van der Waals surface area contributed by atoms with Crippen LogP contribution in [0.5, 0.6) is 0 Å². The van der Waals surface area contributed by atoms with Crippen molar-refractivity contribution in [2.45, 2.75) is 70.6 Å². The standard InChI is InChI=1S/C18H28O2.K.H2Se.H/c19-18(20)16-12-7-5-3-1-2-4-6-9-13-17-14-10-8-11-15-17;;;/h8,10-11,14-15H,1-7,9,12-13,16H2,(H,19,20);;1H2;/q;+1;;-1.